The molecule has 0 radical (unpaired) electrons. The largest absolute Gasteiger partial charge is 0.362 e. The lowest BCUT2D eigenvalue weighted by atomic mass is 10.2. The molecule has 0 bridgehead atoms. The molecule has 2 N–H and O–H groups in total. The monoisotopic (exact) mass is 138 g/mol. The van der Waals surface area contributed by atoms with Crippen LogP contribution in [0.1, 0.15) is 17.0 Å². The first-order chi connectivity index (χ1) is 4.74. The molecule has 1 aromatic heterocycles. The van der Waals surface area contributed by atoms with Gasteiger partial charge < -0.3 is 10.3 Å². The first kappa shape index (κ1) is 7.35. The average Bonchev–Trinajstić information content (AvgIpc) is 2.13. The van der Waals surface area contributed by atoms with Crippen LogP contribution in [0.25, 0.3) is 0 Å². The van der Waals surface area contributed by atoms with Gasteiger partial charge in [0, 0.05) is 17.9 Å². The number of H-pyrrole nitrogens is 1. The Labute approximate surface area is 61.7 Å². The van der Waals surface area contributed by atoms with Crippen LogP contribution in [0.3, 0.4) is 0 Å². The highest BCUT2D eigenvalue weighted by Gasteiger charge is 1.98. The summed E-state index contributed by atoms with van der Waals surface area (Å²) in [6.45, 7) is 5.13. The molecule has 56 valence electrons. The van der Waals surface area contributed by atoms with Gasteiger partial charge in [0.05, 0.1) is 0 Å². The molecule has 0 amide bonds. The van der Waals surface area contributed by atoms with Crippen molar-refractivity contribution in [1.82, 2.24) is 10.3 Å². The maximum Gasteiger partial charge on any atom is 0.0220 e. The molecule has 2 heteroatoms. The molecule has 1 aromatic rings. The van der Waals surface area contributed by atoms with Crippen molar-refractivity contribution in [3.05, 3.63) is 23.0 Å². The quantitative estimate of drug-likeness (QED) is 0.634. The van der Waals surface area contributed by atoms with Crippen molar-refractivity contribution in [1.29, 1.82) is 0 Å². The molecule has 2 nitrogen and oxygen atoms in total. The Balaban J connectivity index is 2.81. The van der Waals surface area contributed by atoms with Gasteiger partial charge >= 0.3 is 0 Å². The summed E-state index contributed by atoms with van der Waals surface area (Å²) < 4.78 is 0. The number of rotatable bonds is 2. The van der Waals surface area contributed by atoms with Crippen LogP contribution >= 0.6 is 0 Å². The van der Waals surface area contributed by atoms with Crippen LogP contribution in [0.2, 0.25) is 0 Å². The lowest BCUT2D eigenvalue weighted by molar-refractivity contribution is 0.812. The summed E-state index contributed by atoms with van der Waals surface area (Å²) in [5, 5.41) is 3.12. The molecular formula is C8H14N2. The third-order valence-electron chi connectivity index (χ3n) is 1.62. The van der Waals surface area contributed by atoms with Gasteiger partial charge in [-0.05, 0) is 32.5 Å². The van der Waals surface area contributed by atoms with E-state index in [9.17, 15) is 0 Å². The predicted octanol–water partition coefficient (Wildman–Crippen LogP) is 1.35. The predicted molar refractivity (Wildman–Crippen MR) is 43.0 cm³/mol. The maximum absolute atomic E-state index is 3.25. The highest BCUT2D eigenvalue weighted by atomic mass is 14.8. The van der Waals surface area contributed by atoms with E-state index in [4.69, 9.17) is 0 Å². The van der Waals surface area contributed by atoms with Crippen LogP contribution in [-0.2, 0) is 6.54 Å². The number of aromatic nitrogens is 1. The van der Waals surface area contributed by atoms with Crippen molar-refractivity contribution in [2.75, 3.05) is 7.05 Å². The molecule has 0 fully saturated rings. The van der Waals surface area contributed by atoms with Crippen LogP contribution in [0.15, 0.2) is 6.07 Å². The molecule has 1 heterocycles. The van der Waals surface area contributed by atoms with Gasteiger partial charge in [-0.25, -0.2) is 0 Å². The van der Waals surface area contributed by atoms with Crippen LogP contribution in [0.5, 0.6) is 0 Å². The van der Waals surface area contributed by atoms with Crippen molar-refractivity contribution in [2.45, 2.75) is 20.4 Å². The van der Waals surface area contributed by atoms with Crippen LogP contribution in [0, 0.1) is 13.8 Å². The zero-order valence-corrected chi connectivity index (χ0v) is 6.78. The topological polar surface area (TPSA) is 27.8 Å². The number of nitrogens with one attached hydrogen (secondary N) is 2. The Morgan fingerprint density at radius 1 is 1.50 bits per heavy atom. The number of hydrogen-bond acceptors (Lipinski definition) is 1. The van der Waals surface area contributed by atoms with Gasteiger partial charge in [-0.2, -0.15) is 0 Å². The minimum absolute atomic E-state index is 0.955. The van der Waals surface area contributed by atoms with Gasteiger partial charge in [0.15, 0.2) is 0 Å². The molecule has 0 aromatic carbocycles. The second-order valence-corrected chi connectivity index (χ2v) is 2.63. The van der Waals surface area contributed by atoms with E-state index in [1.807, 2.05) is 7.05 Å². The van der Waals surface area contributed by atoms with Gasteiger partial charge in [0.25, 0.3) is 0 Å². The summed E-state index contributed by atoms with van der Waals surface area (Å²) in [4.78, 5) is 3.25. The summed E-state index contributed by atoms with van der Waals surface area (Å²) in [7, 11) is 1.96. The van der Waals surface area contributed by atoms with Crippen molar-refractivity contribution >= 4 is 0 Å². The zero-order valence-electron chi connectivity index (χ0n) is 6.78. The van der Waals surface area contributed by atoms with E-state index < -0.39 is 0 Å². The van der Waals surface area contributed by atoms with E-state index >= 15 is 0 Å². The second kappa shape index (κ2) is 2.88. The molecule has 0 saturated carbocycles. The summed E-state index contributed by atoms with van der Waals surface area (Å²) in [6, 6.07) is 2.17. The van der Waals surface area contributed by atoms with Gasteiger partial charge in [0.1, 0.15) is 0 Å². The highest BCUT2D eigenvalue weighted by molar-refractivity contribution is 5.23. The van der Waals surface area contributed by atoms with Crippen molar-refractivity contribution in [3.63, 3.8) is 0 Å². The fourth-order valence-corrected chi connectivity index (χ4v) is 1.16. The van der Waals surface area contributed by atoms with E-state index in [1.165, 1.54) is 17.0 Å². The normalized spacial score (nSPS) is 10.3. The molecule has 10 heavy (non-hydrogen) atoms. The third kappa shape index (κ3) is 1.39. The third-order valence-corrected chi connectivity index (χ3v) is 1.62. The maximum atomic E-state index is 3.25. The van der Waals surface area contributed by atoms with Gasteiger partial charge in [0.2, 0.25) is 0 Å². The summed E-state index contributed by atoms with van der Waals surface area (Å²) in [6.07, 6.45) is 0. The SMILES string of the molecule is CNCc1cc(C)[nH]c1C. The molecule has 0 aliphatic rings. The molecule has 0 atom stereocenters. The first-order valence-electron chi connectivity index (χ1n) is 3.53. The second-order valence-electron chi connectivity index (χ2n) is 2.63. The van der Waals surface area contributed by atoms with E-state index in [0.717, 1.165) is 6.54 Å². The van der Waals surface area contributed by atoms with E-state index in [-0.39, 0.29) is 0 Å². The number of aromatic amines is 1. The molecule has 0 saturated heterocycles. The molecular weight excluding hydrogens is 124 g/mol. The Kier molecular flexibility index (Phi) is 2.12. The van der Waals surface area contributed by atoms with Crippen molar-refractivity contribution in [3.8, 4) is 0 Å². The van der Waals surface area contributed by atoms with Gasteiger partial charge in [-0.15, -0.1) is 0 Å². The van der Waals surface area contributed by atoms with E-state index in [2.05, 4.69) is 30.2 Å². The minimum atomic E-state index is 0.955. The zero-order chi connectivity index (χ0) is 7.56. The fraction of sp³-hybridized carbons (Fsp3) is 0.500. The standard InChI is InChI=1S/C8H14N2/c1-6-4-8(5-9-3)7(2)10-6/h4,9-10H,5H2,1-3H3. The Morgan fingerprint density at radius 3 is 2.60 bits per heavy atom. The first-order valence-corrected chi connectivity index (χ1v) is 3.53. The summed E-state index contributed by atoms with van der Waals surface area (Å²) >= 11 is 0. The van der Waals surface area contributed by atoms with E-state index in [0.29, 0.717) is 0 Å². The number of hydrogen-bond donors (Lipinski definition) is 2. The molecule has 0 unspecified atom stereocenters. The molecule has 0 aliphatic carbocycles. The van der Waals surface area contributed by atoms with E-state index in [1.54, 1.807) is 0 Å². The average molecular weight is 138 g/mol. The summed E-state index contributed by atoms with van der Waals surface area (Å²) in [5.41, 5.74) is 3.87. The van der Waals surface area contributed by atoms with Crippen LogP contribution in [0.4, 0.5) is 0 Å². The van der Waals surface area contributed by atoms with Crippen LogP contribution in [-0.4, -0.2) is 12.0 Å². The van der Waals surface area contributed by atoms with Crippen LogP contribution < -0.4 is 5.32 Å². The Bertz CT molecular complexity index is 213. The van der Waals surface area contributed by atoms with Gasteiger partial charge in [-0.1, -0.05) is 0 Å². The Morgan fingerprint density at radius 2 is 2.20 bits per heavy atom. The number of aryl methyl sites for hydroxylation is 2. The fourth-order valence-electron chi connectivity index (χ4n) is 1.16. The molecule has 0 aliphatic heterocycles. The van der Waals surface area contributed by atoms with Crippen molar-refractivity contribution < 1.29 is 0 Å². The Hall–Kier alpha value is -0.760. The highest BCUT2D eigenvalue weighted by Crippen LogP contribution is 2.07. The molecule has 0 spiro atoms. The lowest BCUT2D eigenvalue weighted by Crippen LogP contribution is -2.04. The lowest BCUT2D eigenvalue weighted by Gasteiger charge is -1.95. The van der Waals surface area contributed by atoms with Crippen molar-refractivity contribution in [2.24, 2.45) is 0 Å². The minimum Gasteiger partial charge on any atom is -0.362 e. The molecule has 1 rings (SSSR count). The summed E-state index contributed by atoms with van der Waals surface area (Å²) in [5.74, 6) is 0. The smallest absolute Gasteiger partial charge is 0.0220 e. The van der Waals surface area contributed by atoms with Gasteiger partial charge in [-0.3, -0.25) is 0 Å².